The zero-order chi connectivity index (χ0) is 7.40. The molecule has 1 aliphatic heterocycles. The van der Waals surface area contributed by atoms with Crippen molar-refractivity contribution in [3.8, 4) is 0 Å². The maximum absolute atomic E-state index is 3.50. The van der Waals surface area contributed by atoms with Crippen molar-refractivity contribution in [2.75, 3.05) is 6.54 Å². The molecule has 58 valence electrons. The van der Waals surface area contributed by atoms with Crippen molar-refractivity contribution in [3.63, 3.8) is 0 Å². The third-order valence-electron chi connectivity index (χ3n) is 2.32. The van der Waals surface area contributed by atoms with E-state index in [1.165, 1.54) is 31.4 Å². The summed E-state index contributed by atoms with van der Waals surface area (Å²) >= 11 is 0. The maximum atomic E-state index is 3.50. The summed E-state index contributed by atoms with van der Waals surface area (Å²) in [5.74, 6) is 0. The summed E-state index contributed by atoms with van der Waals surface area (Å²) in [6.45, 7) is 5.53. The van der Waals surface area contributed by atoms with E-state index < -0.39 is 0 Å². The molecule has 1 heteroatoms. The molecule has 0 aliphatic carbocycles. The van der Waals surface area contributed by atoms with E-state index in [9.17, 15) is 0 Å². The average molecular weight is 139 g/mol. The van der Waals surface area contributed by atoms with Crippen LogP contribution in [0.15, 0.2) is 11.6 Å². The number of hydrogen-bond acceptors (Lipinski definition) is 1. The average Bonchev–Trinajstić information content (AvgIpc) is 2.05. The molecule has 0 aromatic heterocycles. The fraction of sp³-hybridized carbons (Fsp3) is 0.778. The first-order chi connectivity index (χ1) is 4.84. The van der Waals surface area contributed by atoms with E-state index in [2.05, 4.69) is 25.2 Å². The van der Waals surface area contributed by atoms with Crippen molar-refractivity contribution >= 4 is 0 Å². The van der Waals surface area contributed by atoms with Gasteiger partial charge in [-0.2, -0.15) is 0 Å². The van der Waals surface area contributed by atoms with Crippen LogP contribution in [0.2, 0.25) is 0 Å². The van der Waals surface area contributed by atoms with Gasteiger partial charge in [0.15, 0.2) is 0 Å². The number of allylic oxidation sites excluding steroid dienone is 1. The molecule has 1 unspecified atom stereocenters. The molecule has 1 rings (SSSR count). The van der Waals surface area contributed by atoms with Crippen LogP contribution in [0.25, 0.3) is 0 Å². The zero-order valence-corrected chi connectivity index (χ0v) is 6.98. The van der Waals surface area contributed by atoms with Gasteiger partial charge in [0.25, 0.3) is 0 Å². The highest BCUT2D eigenvalue weighted by Crippen LogP contribution is 2.13. The van der Waals surface area contributed by atoms with Gasteiger partial charge in [0, 0.05) is 6.04 Å². The Hall–Kier alpha value is -0.300. The Labute approximate surface area is 63.5 Å². The van der Waals surface area contributed by atoms with Gasteiger partial charge in [-0.15, -0.1) is 0 Å². The zero-order valence-electron chi connectivity index (χ0n) is 6.98. The van der Waals surface area contributed by atoms with Crippen LogP contribution < -0.4 is 5.32 Å². The van der Waals surface area contributed by atoms with Gasteiger partial charge in [0.05, 0.1) is 0 Å². The lowest BCUT2D eigenvalue weighted by Gasteiger charge is -2.23. The minimum absolute atomic E-state index is 0.679. The van der Waals surface area contributed by atoms with Crippen LogP contribution in [-0.2, 0) is 0 Å². The summed E-state index contributed by atoms with van der Waals surface area (Å²) in [4.78, 5) is 0. The molecule has 1 saturated heterocycles. The monoisotopic (exact) mass is 139 g/mol. The molecule has 0 aromatic carbocycles. The summed E-state index contributed by atoms with van der Waals surface area (Å²) < 4.78 is 0. The lowest BCUT2D eigenvalue weighted by atomic mass is 9.99. The summed E-state index contributed by atoms with van der Waals surface area (Å²) in [7, 11) is 0. The summed E-state index contributed by atoms with van der Waals surface area (Å²) in [6.07, 6.45) is 6.29. The maximum Gasteiger partial charge on any atom is 0.0276 e. The van der Waals surface area contributed by atoms with Crippen LogP contribution in [0, 0.1) is 0 Å². The highest BCUT2D eigenvalue weighted by Gasteiger charge is 2.12. The van der Waals surface area contributed by atoms with E-state index in [-0.39, 0.29) is 0 Å². The van der Waals surface area contributed by atoms with E-state index in [1.807, 2.05) is 0 Å². The summed E-state index contributed by atoms with van der Waals surface area (Å²) in [5, 5.41) is 3.50. The Kier molecular flexibility index (Phi) is 2.94. The first-order valence-corrected chi connectivity index (χ1v) is 4.21. The van der Waals surface area contributed by atoms with Gasteiger partial charge in [-0.25, -0.2) is 0 Å². The smallest absolute Gasteiger partial charge is 0.0276 e. The van der Waals surface area contributed by atoms with Crippen LogP contribution in [-0.4, -0.2) is 12.6 Å². The van der Waals surface area contributed by atoms with E-state index in [4.69, 9.17) is 0 Å². The van der Waals surface area contributed by atoms with Crippen LogP contribution in [0.3, 0.4) is 0 Å². The number of piperidine rings is 1. The minimum atomic E-state index is 0.679. The second kappa shape index (κ2) is 3.77. The molecule has 1 aliphatic rings. The second-order valence-electron chi connectivity index (χ2n) is 3.04. The van der Waals surface area contributed by atoms with E-state index in [0.29, 0.717) is 6.04 Å². The first kappa shape index (κ1) is 7.80. The Bertz CT molecular complexity index is 121. The van der Waals surface area contributed by atoms with Crippen molar-refractivity contribution < 1.29 is 0 Å². The molecular weight excluding hydrogens is 122 g/mol. The predicted molar refractivity (Wildman–Crippen MR) is 45.1 cm³/mol. The predicted octanol–water partition coefficient (Wildman–Crippen LogP) is 2.09. The Balaban J connectivity index is 2.39. The topological polar surface area (TPSA) is 12.0 Å². The van der Waals surface area contributed by atoms with E-state index in [1.54, 1.807) is 0 Å². The molecule has 0 bridgehead atoms. The van der Waals surface area contributed by atoms with Gasteiger partial charge in [0.2, 0.25) is 0 Å². The van der Waals surface area contributed by atoms with Gasteiger partial charge in [-0.1, -0.05) is 18.1 Å². The van der Waals surface area contributed by atoms with Crippen molar-refractivity contribution in [2.45, 2.75) is 39.2 Å². The quantitative estimate of drug-likeness (QED) is 0.548. The highest BCUT2D eigenvalue weighted by atomic mass is 14.9. The van der Waals surface area contributed by atoms with Gasteiger partial charge in [0.1, 0.15) is 0 Å². The first-order valence-electron chi connectivity index (χ1n) is 4.21. The van der Waals surface area contributed by atoms with Crippen LogP contribution in [0.1, 0.15) is 33.1 Å². The highest BCUT2D eigenvalue weighted by molar-refractivity contribution is 5.06. The molecule has 1 N–H and O–H groups in total. The molecular formula is C9H17N. The number of nitrogens with one attached hydrogen (secondary N) is 1. The van der Waals surface area contributed by atoms with Crippen molar-refractivity contribution in [1.82, 2.24) is 5.32 Å². The lowest BCUT2D eigenvalue weighted by Crippen LogP contribution is -2.34. The van der Waals surface area contributed by atoms with Crippen molar-refractivity contribution in [3.05, 3.63) is 11.6 Å². The van der Waals surface area contributed by atoms with Crippen molar-refractivity contribution in [2.24, 2.45) is 0 Å². The molecule has 1 fully saturated rings. The molecule has 1 atom stereocenters. The molecule has 0 radical (unpaired) electrons. The normalized spacial score (nSPS) is 28.6. The molecule has 0 saturated carbocycles. The fourth-order valence-corrected chi connectivity index (χ4v) is 1.44. The largest absolute Gasteiger partial charge is 0.310 e. The van der Waals surface area contributed by atoms with Gasteiger partial charge in [-0.05, 0) is 33.2 Å². The lowest BCUT2D eigenvalue weighted by molar-refractivity contribution is 0.439. The number of hydrogen-bond donors (Lipinski definition) is 1. The minimum Gasteiger partial charge on any atom is -0.310 e. The summed E-state index contributed by atoms with van der Waals surface area (Å²) in [6, 6.07) is 0.679. The Morgan fingerprint density at radius 1 is 1.50 bits per heavy atom. The fourth-order valence-electron chi connectivity index (χ4n) is 1.44. The molecule has 0 amide bonds. The molecule has 1 heterocycles. The molecule has 1 nitrogen and oxygen atoms in total. The van der Waals surface area contributed by atoms with Crippen molar-refractivity contribution in [1.29, 1.82) is 0 Å². The molecule has 0 spiro atoms. The Morgan fingerprint density at radius 2 is 2.30 bits per heavy atom. The third kappa shape index (κ3) is 1.84. The van der Waals surface area contributed by atoms with E-state index >= 15 is 0 Å². The molecule has 0 aromatic rings. The van der Waals surface area contributed by atoms with Gasteiger partial charge < -0.3 is 5.32 Å². The van der Waals surface area contributed by atoms with E-state index in [0.717, 1.165) is 0 Å². The Morgan fingerprint density at radius 3 is 2.80 bits per heavy atom. The van der Waals surface area contributed by atoms with Gasteiger partial charge in [-0.3, -0.25) is 0 Å². The SMILES string of the molecule is CC=C(C)C1CCCCN1. The number of rotatable bonds is 1. The standard InChI is InChI=1S/C9H17N/c1-3-8(2)9-6-4-5-7-10-9/h3,9-10H,4-7H2,1-2H3. The van der Waals surface area contributed by atoms with Crippen LogP contribution >= 0.6 is 0 Å². The molecule has 10 heavy (non-hydrogen) atoms. The van der Waals surface area contributed by atoms with Crippen LogP contribution in [0.5, 0.6) is 0 Å². The third-order valence-corrected chi connectivity index (χ3v) is 2.32. The van der Waals surface area contributed by atoms with Crippen LogP contribution in [0.4, 0.5) is 0 Å². The van der Waals surface area contributed by atoms with Gasteiger partial charge >= 0.3 is 0 Å². The summed E-state index contributed by atoms with van der Waals surface area (Å²) in [5.41, 5.74) is 1.50. The second-order valence-corrected chi connectivity index (χ2v) is 3.04.